The zero-order chi connectivity index (χ0) is 25.2. The van der Waals surface area contributed by atoms with Crippen molar-refractivity contribution in [2.45, 2.75) is 18.7 Å². The quantitative estimate of drug-likeness (QED) is 0.460. The maximum absolute atomic E-state index is 13.3. The molecule has 1 aliphatic heterocycles. The van der Waals surface area contributed by atoms with Gasteiger partial charge in [0, 0.05) is 31.9 Å². The van der Waals surface area contributed by atoms with Gasteiger partial charge in [0.05, 0.1) is 28.3 Å². The molecule has 0 atom stereocenters. The van der Waals surface area contributed by atoms with Crippen molar-refractivity contribution in [3.63, 3.8) is 0 Å². The van der Waals surface area contributed by atoms with Gasteiger partial charge in [-0.2, -0.15) is 0 Å². The highest BCUT2D eigenvalue weighted by molar-refractivity contribution is 7.92. The fraction of sp³-hybridized carbons (Fsp3) is 0.269. The van der Waals surface area contributed by atoms with Crippen molar-refractivity contribution in [3.05, 3.63) is 82.4 Å². The third-order valence-electron chi connectivity index (χ3n) is 6.23. The first-order valence-electron chi connectivity index (χ1n) is 11.3. The van der Waals surface area contributed by atoms with Crippen LogP contribution >= 0.6 is 24.0 Å². The van der Waals surface area contributed by atoms with Crippen molar-refractivity contribution in [1.82, 2.24) is 4.90 Å². The summed E-state index contributed by atoms with van der Waals surface area (Å²) in [5.74, 6) is 0.488. The molecule has 1 aliphatic rings. The molecule has 1 amide bonds. The largest absolute Gasteiger partial charge is 0.495 e. The minimum Gasteiger partial charge on any atom is -0.495 e. The molecular weight excluding hydrogens is 521 g/mol. The molecule has 3 aromatic carbocycles. The van der Waals surface area contributed by atoms with Gasteiger partial charge in [0.2, 0.25) is 0 Å². The second kappa shape index (κ2) is 11.4. The summed E-state index contributed by atoms with van der Waals surface area (Å²) in [6.45, 7) is 6.07. The summed E-state index contributed by atoms with van der Waals surface area (Å²) in [6, 6.07) is 17.3. The van der Waals surface area contributed by atoms with Crippen LogP contribution in [0.4, 0.5) is 11.4 Å². The number of rotatable bonds is 6. The number of hydrogen-bond donors (Lipinski definition) is 1. The monoisotopic (exact) mass is 549 g/mol. The first-order valence-corrected chi connectivity index (χ1v) is 13.1. The van der Waals surface area contributed by atoms with Gasteiger partial charge < -0.3 is 14.5 Å². The number of nitrogens with one attached hydrogen (secondary N) is 1. The number of sulfonamides is 1. The number of aryl methyl sites for hydroxylation is 2. The molecule has 7 nitrogen and oxygen atoms in total. The van der Waals surface area contributed by atoms with Gasteiger partial charge in [0.25, 0.3) is 15.9 Å². The SMILES string of the molecule is COc1ccccc1N1CCN(C(=O)c2cc(S(=O)(=O)Nc3ccc(C)c(C)c3)ccc2Cl)CC1.Cl. The van der Waals surface area contributed by atoms with Crippen LogP contribution in [-0.2, 0) is 10.0 Å². The first kappa shape index (κ1) is 27.6. The molecule has 36 heavy (non-hydrogen) atoms. The maximum atomic E-state index is 13.3. The Kier molecular flexibility index (Phi) is 8.76. The molecule has 1 N–H and O–H groups in total. The van der Waals surface area contributed by atoms with E-state index in [-0.39, 0.29) is 33.8 Å². The van der Waals surface area contributed by atoms with Crippen LogP contribution in [0.2, 0.25) is 5.02 Å². The Morgan fingerprint density at radius 2 is 1.64 bits per heavy atom. The zero-order valence-corrected chi connectivity index (χ0v) is 22.7. The number of ether oxygens (including phenoxy) is 1. The molecule has 0 unspecified atom stereocenters. The number of carbonyl (C=O) groups excluding carboxylic acids is 1. The Labute approximate surface area is 223 Å². The second-order valence-corrected chi connectivity index (χ2v) is 10.6. The number of hydrogen-bond acceptors (Lipinski definition) is 5. The van der Waals surface area contributed by atoms with Gasteiger partial charge in [0.1, 0.15) is 5.75 Å². The Bertz CT molecular complexity index is 1360. The molecule has 0 bridgehead atoms. The molecule has 1 fully saturated rings. The first-order chi connectivity index (χ1) is 16.7. The smallest absolute Gasteiger partial charge is 0.261 e. The summed E-state index contributed by atoms with van der Waals surface area (Å²) in [4.78, 5) is 17.1. The van der Waals surface area contributed by atoms with E-state index in [1.54, 1.807) is 24.1 Å². The van der Waals surface area contributed by atoms with Gasteiger partial charge in [-0.15, -0.1) is 12.4 Å². The van der Waals surface area contributed by atoms with Crippen LogP contribution in [0.3, 0.4) is 0 Å². The van der Waals surface area contributed by atoms with Gasteiger partial charge in [-0.1, -0.05) is 29.8 Å². The Hall–Kier alpha value is -2.94. The van der Waals surface area contributed by atoms with E-state index >= 15 is 0 Å². The standard InChI is InChI=1S/C26H28ClN3O4S.ClH/c1-18-8-9-20(16-19(18)2)28-35(32,33)21-10-11-23(27)22(17-21)26(31)30-14-12-29(13-15-30)24-6-4-5-7-25(24)34-3;/h4-11,16-17,28H,12-15H2,1-3H3;1H. The molecule has 0 radical (unpaired) electrons. The molecular formula is C26H29Cl2N3O4S. The van der Waals surface area contributed by atoms with Crippen molar-refractivity contribution in [3.8, 4) is 5.75 Å². The Morgan fingerprint density at radius 1 is 0.944 bits per heavy atom. The van der Waals surface area contributed by atoms with Crippen LogP contribution < -0.4 is 14.4 Å². The topological polar surface area (TPSA) is 79.0 Å². The fourth-order valence-electron chi connectivity index (χ4n) is 4.07. The number of nitrogens with zero attached hydrogens (tertiary/aromatic N) is 2. The Balaban J connectivity index is 0.00000361. The van der Waals surface area contributed by atoms with Gasteiger partial charge in [-0.3, -0.25) is 9.52 Å². The molecule has 192 valence electrons. The molecule has 0 aromatic heterocycles. The average molecular weight is 551 g/mol. The lowest BCUT2D eigenvalue weighted by Gasteiger charge is -2.36. The summed E-state index contributed by atoms with van der Waals surface area (Å²) >= 11 is 6.33. The second-order valence-electron chi connectivity index (χ2n) is 8.50. The average Bonchev–Trinajstić information content (AvgIpc) is 2.86. The molecule has 3 aromatic rings. The van der Waals surface area contributed by atoms with Crippen LogP contribution in [0.15, 0.2) is 65.6 Å². The van der Waals surface area contributed by atoms with Gasteiger partial charge in [-0.25, -0.2) is 8.42 Å². The number of amides is 1. The van der Waals surface area contributed by atoms with Crippen LogP contribution in [0.1, 0.15) is 21.5 Å². The number of para-hydroxylation sites is 2. The molecule has 1 saturated heterocycles. The molecule has 0 aliphatic carbocycles. The number of methoxy groups -OCH3 is 1. The highest BCUT2D eigenvalue weighted by Crippen LogP contribution is 2.29. The lowest BCUT2D eigenvalue weighted by molar-refractivity contribution is 0.0746. The van der Waals surface area contributed by atoms with E-state index in [2.05, 4.69) is 9.62 Å². The molecule has 1 heterocycles. The minimum absolute atomic E-state index is 0. The third-order valence-corrected chi connectivity index (χ3v) is 7.94. The van der Waals surface area contributed by atoms with E-state index in [4.69, 9.17) is 16.3 Å². The number of anilines is 2. The molecule has 4 rings (SSSR count). The van der Waals surface area contributed by atoms with E-state index in [1.165, 1.54) is 18.2 Å². The lowest BCUT2D eigenvalue weighted by atomic mass is 10.1. The van der Waals surface area contributed by atoms with Crippen molar-refractivity contribution >= 4 is 51.3 Å². The normalized spacial score (nSPS) is 13.7. The third kappa shape index (κ3) is 5.88. The highest BCUT2D eigenvalue weighted by Gasteiger charge is 2.26. The van der Waals surface area contributed by atoms with E-state index < -0.39 is 10.0 Å². The van der Waals surface area contributed by atoms with Crippen LogP contribution in [0, 0.1) is 13.8 Å². The molecule has 0 saturated carbocycles. The fourth-order valence-corrected chi connectivity index (χ4v) is 5.34. The molecule has 0 spiro atoms. The van der Waals surface area contributed by atoms with E-state index in [0.29, 0.717) is 31.9 Å². The Morgan fingerprint density at radius 3 is 2.31 bits per heavy atom. The van der Waals surface area contributed by atoms with Crippen LogP contribution in [0.25, 0.3) is 0 Å². The molecule has 10 heteroatoms. The van der Waals surface area contributed by atoms with Crippen LogP contribution in [0.5, 0.6) is 5.75 Å². The predicted octanol–water partition coefficient (Wildman–Crippen LogP) is 5.15. The van der Waals surface area contributed by atoms with Crippen molar-refractivity contribution in [2.75, 3.05) is 42.9 Å². The van der Waals surface area contributed by atoms with Crippen molar-refractivity contribution in [1.29, 1.82) is 0 Å². The number of piperazine rings is 1. The van der Waals surface area contributed by atoms with E-state index in [9.17, 15) is 13.2 Å². The highest BCUT2D eigenvalue weighted by atomic mass is 35.5. The number of carbonyl (C=O) groups is 1. The maximum Gasteiger partial charge on any atom is 0.261 e. The summed E-state index contributed by atoms with van der Waals surface area (Å²) < 4.78 is 34.1. The number of benzene rings is 3. The van der Waals surface area contributed by atoms with Crippen molar-refractivity contribution in [2.24, 2.45) is 0 Å². The summed E-state index contributed by atoms with van der Waals surface area (Å²) in [6.07, 6.45) is 0. The summed E-state index contributed by atoms with van der Waals surface area (Å²) in [5.41, 5.74) is 3.65. The van der Waals surface area contributed by atoms with E-state index in [0.717, 1.165) is 22.6 Å². The van der Waals surface area contributed by atoms with Gasteiger partial charge >= 0.3 is 0 Å². The van der Waals surface area contributed by atoms with Gasteiger partial charge in [-0.05, 0) is 67.4 Å². The van der Waals surface area contributed by atoms with Gasteiger partial charge in [0.15, 0.2) is 0 Å². The number of halogens is 2. The minimum atomic E-state index is -3.90. The van der Waals surface area contributed by atoms with E-state index in [1.807, 2.05) is 44.2 Å². The summed E-state index contributed by atoms with van der Waals surface area (Å²) in [5, 5.41) is 0.215. The zero-order valence-electron chi connectivity index (χ0n) is 20.3. The lowest BCUT2D eigenvalue weighted by Crippen LogP contribution is -2.49. The summed E-state index contributed by atoms with van der Waals surface area (Å²) in [7, 11) is -2.27. The van der Waals surface area contributed by atoms with Crippen molar-refractivity contribution < 1.29 is 17.9 Å². The predicted molar refractivity (Wildman–Crippen MR) is 147 cm³/mol. The van der Waals surface area contributed by atoms with Crippen LogP contribution in [-0.4, -0.2) is 52.5 Å².